The molecule has 0 bridgehead atoms. The van der Waals surface area contributed by atoms with Crippen molar-refractivity contribution in [3.05, 3.63) is 0 Å². The molecule has 0 aliphatic rings. The van der Waals surface area contributed by atoms with Gasteiger partial charge in [0.2, 0.25) is 0 Å². The summed E-state index contributed by atoms with van der Waals surface area (Å²) < 4.78 is 0. The van der Waals surface area contributed by atoms with Crippen LogP contribution in [0.4, 0.5) is 4.79 Å². The molecule has 0 saturated carbocycles. The molecule has 0 saturated heterocycles. The van der Waals surface area contributed by atoms with Gasteiger partial charge < -0.3 is 15.5 Å². The van der Waals surface area contributed by atoms with Crippen LogP contribution in [0, 0.1) is 0 Å². The predicted octanol–water partition coefficient (Wildman–Crippen LogP) is 1.42. The predicted molar refractivity (Wildman–Crippen MR) is 64.1 cm³/mol. The normalized spacial score (nSPS) is 11.7. The van der Waals surface area contributed by atoms with Crippen LogP contribution in [0.15, 0.2) is 0 Å². The molecule has 0 aromatic carbocycles. The molecule has 0 aliphatic heterocycles. The zero-order chi connectivity index (χ0) is 12.1. The Labute approximate surface area is 93.4 Å². The number of nitrogens with zero attached hydrogens (tertiary/aromatic N) is 1. The lowest BCUT2D eigenvalue weighted by atomic mass is 10.1. The Morgan fingerprint density at radius 1 is 1.33 bits per heavy atom. The van der Waals surface area contributed by atoms with E-state index in [-0.39, 0.29) is 17.6 Å². The van der Waals surface area contributed by atoms with Crippen LogP contribution in [0.1, 0.15) is 34.6 Å². The molecule has 0 aromatic rings. The van der Waals surface area contributed by atoms with E-state index in [1.165, 1.54) is 0 Å². The lowest BCUT2D eigenvalue weighted by Gasteiger charge is -2.31. The summed E-state index contributed by atoms with van der Waals surface area (Å²) in [6.45, 7) is 11.6. The lowest BCUT2D eigenvalue weighted by Crippen LogP contribution is -2.52. The third-order valence-corrected chi connectivity index (χ3v) is 1.97. The number of nitrogens with one attached hydrogen (secondary N) is 2. The first kappa shape index (κ1) is 14.2. The number of urea groups is 1. The third-order valence-electron chi connectivity index (χ3n) is 1.97. The first-order valence-corrected chi connectivity index (χ1v) is 5.51. The second-order valence-corrected chi connectivity index (χ2v) is 5.07. The second kappa shape index (κ2) is 5.95. The van der Waals surface area contributed by atoms with E-state index in [0.29, 0.717) is 0 Å². The van der Waals surface area contributed by atoms with Crippen molar-refractivity contribution in [3.8, 4) is 0 Å². The van der Waals surface area contributed by atoms with E-state index in [4.69, 9.17) is 0 Å². The molecule has 90 valence electrons. The minimum Gasteiger partial charge on any atom is -0.333 e. The fourth-order valence-corrected chi connectivity index (χ4v) is 1.22. The smallest absolute Gasteiger partial charge is 0.318 e. The van der Waals surface area contributed by atoms with Crippen molar-refractivity contribution >= 4 is 6.03 Å². The lowest BCUT2D eigenvalue weighted by molar-refractivity contribution is 0.175. The van der Waals surface area contributed by atoms with Gasteiger partial charge in [-0.2, -0.15) is 0 Å². The van der Waals surface area contributed by atoms with Crippen molar-refractivity contribution in [3.63, 3.8) is 0 Å². The minimum absolute atomic E-state index is 0.00718. The van der Waals surface area contributed by atoms with Gasteiger partial charge in [-0.05, 0) is 41.7 Å². The van der Waals surface area contributed by atoms with Gasteiger partial charge >= 0.3 is 6.03 Å². The number of carbonyl (C=O) groups is 1. The second-order valence-electron chi connectivity index (χ2n) is 5.07. The molecule has 2 N–H and O–H groups in total. The molecule has 0 aliphatic carbocycles. The average Bonchev–Trinajstić information content (AvgIpc) is 2.00. The summed E-state index contributed by atoms with van der Waals surface area (Å²) in [6.07, 6.45) is 0. The molecule has 0 radical (unpaired) electrons. The molecule has 15 heavy (non-hydrogen) atoms. The molecule has 0 rings (SSSR count). The van der Waals surface area contributed by atoms with Crippen LogP contribution in [-0.4, -0.2) is 42.6 Å². The third kappa shape index (κ3) is 6.33. The molecule has 0 aromatic heterocycles. The molecule has 4 nitrogen and oxygen atoms in total. The maximum absolute atomic E-state index is 11.9. The summed E-state index contributed by atoms with van der Waals surface area (Å²) in [5.74, 6) is 0. The summed E-state index contributed by atoms with van der Waals surface area (Å²) in [6, 6.07) is 0.230. The van der Waals surface area contributed by atoms with Gasteiger partial charge in [0, 0.05) is 24.7 Å². The highest BCUT2D eigenvalue weighted by molar-refractivity contribution is 5.75. The summed E-state index contributed by atoms with van der Waals surface area (Å²) in [5, 5.41) is 6.02. The van der Waals surface area contributed by atoms with Crippen molar-refractivity contribution in [2.24, 2.45) is 0 Å². The van der Waals surface area contributed by atoms with Crippen LogP contribution >= 0.6 is 0 Å². The van der Waals surface area contributed by atoms with E-state index in [0.717, 1.165) is 13.1 Å². The largest absolute Gasteiger partial charge is 0.333 e. The van der Waals surface area contributed by atoms with Crippen molar-refractivity contribution in [1.29, 1.82) is 0 Å². The molecular weight excluding hydrogens is 190 g/mol. The van der Waals surface area contributed by atoms with E-state index in [2.05, 4.69) is 10.6 Å². The Bertz CT molecular complexity index is 196. The van der Waals surface area contributed by atoms with Crippen LogP contribution in [0.5, 0.6) is 0 Å². The van der Waals surface area contributed by atoms with Crippen molar-refractivity contribution < 1.29 is 4.79 Å². The monoisotopic (exact) mass is 215 g/mol. The van der Waals surface area contributed by atoms with E-state index in [1.54, 1.807) is 0 Å². The number of likely N-dealkylation sites (N-methyl/N-ethyl adjacent to an activating group) is 1. The quantitative estimate of drug-likeness (QED) is 0.745. The Hall–Kier alpha value is -0.770. The Balaban J connectivity index is 4.29. The Kier molecular flexibility index (Phi) is 5.65. The molecule has 0 fully saturated rings. The van der Waals surface area contributed by atoms with Gasteiger partial charge in [0.1, 0.15) is 0 Å². The Morgan fingerprint density at radius 2 is 1.87 bits per heavy atom. The summed E-state index contributed by atoms with van der Waals surface area (Å²) in [5.41, 5.74) is -0.177. The van der Waals surface area contributed by atoms with Gasteiger partial charge in [-0.15, -0.1) is 0 Å². The Morgan fingerprint density at radius 3 is 2.20 bits per heavy atom. The zero-order valence-electron chi connectivity index (χ0n) is 10.8. The van der Waals surface area contributed by atoms with E-state index in [9.17, 15) is 4.79 Å². The molecule has 0 unspecified atom stereocenters. The van der Waals surface area contributed by atoms with Gasteiger partial charge in [0.15, 0.2) is 0 Å². The number of amides is 2. The van der Waals surface area contributed by atoms with Crippen LogP contribution in [0.2, 0.25) is 0 Å². The zero-order valence-corrected chi connectivity index (χ0v) is 10.8. The maximum Gasteiger partial charge on any atom is 0.318 e. The first-order valence-electron chi connectivity index (χ1n) is 5.51. The molecule has 4 heteroatoms. The SMILES string of the molecule is CNCCN(C(=O)NC(C)(C)C)C(C)C. The van der Waals surface area contributed by atoms with Crippen LogP contribution < -0.4 is 10.6 Å². The van der Waals surface area contributed by atoms with E-state index in [1.807, 2.05) is 46.6 Å². The number of carbonyl (C=O) groups excluding carboxylic acids is 1. The van der Waals surface area contributed by atoms with Gasteiger partial charge in [0.25, 0.3) is 0 Å². The van der Waals surface area contributed by atoms with Crippen molar-refractivity contribution in [2.75, 3.05) is 20.1 Å². The highest BCUT2D eigenvalue weighted by atomic mass is 16.2. The highest BCUT2D eigenvalue weighted by Gasteiger charge is 2.20. The standard InChI is InChI=1S/C11H25N3O/c1-9(2)14(8-7-12-6)10(15)13-11(3,4)5/h9,12H,7-8H2,1-6H3,(H,13,15). The van der Waals surface area contributed by atoms with Gasteiger partial charge in [-0.25, -0.2) is 4.79 Å². The van der Waals surface area contributed by atoms with Crippen LogP contribution in [-0.2, 0) is 0 Å². The van der Waals surface area contributed by atoms with Gasteiger partial charge in [-0.3, -0.25) is 0 Å². The first-order chi connectivity index (χ1) is 6.78. The summed E-state index contributed by atoms with van der Waals surface area (Å²) in [7, 11) is 1.89. The summed E-state index contributed by atoms with van der Waals surface area (Å²) in [4.78, 5) is 13.7. The molecule has 2 amide bonds. The van der Waals surface area contributed by atoms with Gasteiger partial charge in [0.05, 0.1) is 0 Å². The van der Waals surface area contributed by atoms with E-state index >= 15 is 0 Å². The average molecular weight is 215 g/mol. The highest BCUT2D eigenvalue weighted by Crippen LogP contribution is 2.03. The minimum atomic E-state index is -0.177. The fourth-order valence-electron chi connectivity index (χ4n) is 1.22. The fraction of sp³-hybridized carbons (Fsp3) is 0.909. The molecule has 0 spiro atoms. The number of hydrogen-bond acceptors (Lipinski definition) is 2. The topological polar surface area (TPSA) is 44.4 Å². The maximum atomic E-state index is 11.9. The van der Waals surface area contributed by atoms with Gasteiger partial charge in [-0.1, -0.05) is 0 Å². The molecular formula is C11H25N3O. The van der Waals surface area contributed by atoms with Crippen LogP contribution in [0.3, 0.4) is 0 Å². The van der Waals surface area contributed by atoms with Crippen molar-refractivity contribution in [2.45, 2.75) is 46.2 Å². The van der Waals surface area contributed by atoms with Crippen LogP contribution in [0.25, 0.3) is 0 Å². The molecule has 0 atom stereocenters. The molecule has 0 heterocycles. The number of rotatable bonds is 4. The summed E-state index contributed by atoms with van der Waals surface area (Å²) >= 11 is 0. The number of hydrogen-bond donors (Lipinski definition) is 2. The van der Waals surface area contributed by atoms with E-state index < -0.39 is 0 Å². The van der Waals surface area contributed by atoms with Crippen molar-refractivity contribution in [1.82, 2.24) is 15.5 Å².